The summed E-state index contributed by atoms with van der Waals surface area (Å²) >= 11 is 19.0. The van der Waals surface area contributed by atoms with Gasteiger partial charge in [0.15, 0.2) is 0 Å². The molecule has 0 aromatic heterocycles. The van der Waals surface area contributed by atoms with Crippen LogP contribution in [-0.4, -0.2) is 3.23 Å². The zero-order valence-corrected chi connectivity index (χ0v) is 11.2. The van der Waals surface area contributed by atoms with Crippen LogP contribution in [0, 0.1) is 0 Å². The summed E-state index contributed by atoms with van der Waals surface area (Å²) in [4.78, 5) is 0. The molecule has 0 aliphatic heterocycles. The van der Waals surface area contributed by atoms with Gasteiger partial charge in [-0.2, -0.15) is 0 Å². The SMILES string of the molecule is Clc1ccc(C2CC2(Br)Br)c(Cl)c1. The maximum atomic E-state index is 6.07. The maximum absolute atomic E-state index is 6.07. The lowest BCUT2D eigenvalue weighted by Crippen LogP contribution is -1.89. The second-order valence-electron chi connectivity index (χ2n) is 3.18. The monoisotopic (exact) mass is 342 g/mol. The van der Waals surface area contributed by atoms with Crippen LogP contribution in [0.15, 0.2) is 18.2 Å². The molecular weight excluding hydrogens is 339 g/mol. The Labute approximate surface area is 104 Å². The summed E-state index contributed by atoms with van der Waals surface area (Å²) in [6.07, 6.45) is 1.06. The van der Waals surface area contributed by atoms with Crippen molar-refractivity contribution in [1.29, 1.82) is 0 Å². The summed E-state index contributed by atoms with van der Waals surface area (Å²) in [6.45, 7) is 0. The molecule has 70 valence electrons. The molecule has 1 saturated carbocycles. The topological polar surface area (TPSA) is 0 Å². The highest BCUT2D eigenvalue weighted by Gasteiger charge is 2.51. The molecule has 1 unspecified atom stereocenters. The van der Waals surface area contributed by atoms with Gasteiger partial charge < -0.3 is 0 Å². The normalized spacial score (nSPS) is 24.5. The first-order chi connectivity index (χ1) is 6.00. The standard InChI is InChI=1S/C9H6Br2Cl2/c10-9(11)4-7(9)6-2-1-5(12)3-8(6)13/h1-3,7H,4H2. The van der Waals surface area contributed by atoms with Crippen molar-refractivity contribution >= 4 is 55.1 Å². The van der Waals surface area contributed by atoms with E-state index in [9.17, 15) is 0 Å². The number of rotatable bonds is 1. The van der Waals surface area contributed by atoms with Crippen molar-refractivity contribution in [3.63, 3.8) is 0 Å². The van der Waals surface area contributed by atoms with Crippen molar-refractivity contribution in [3.05, 3.63) is 33.8 Å². The maximum Gasteiger partial charge on any atom is 0.0881 e. The number of hydrogen-bond acceptors (Lipinski definition) is 0. The number of halogens is 4. The molecule has 0 amide bonds. The molecule has 0 bridgehead atoms. The number of alkyl halides is 2. The third kappa shape index (κ3) is 2.06. The molecule has 0 saturated heterocycles. The van der Waals surface area contributed by atoms with E-state index in [0.717, 1.165) is 17.0 Å². The van der Waals surface area contributed by atoms with E-state index < -0.39 is 0 Å². The minimum absolute atomic E-state index is 0.0530. The van der Waals surface area contributed by atoms with Gasteiger partial charge in [-0.15, -0.1) is 0 Å². The van der Waals surface area contributed by atoms with E-state index in [1.165, 1.54) is 0 Å². The van der Waals surface area contributed by atoms with E-state index in [2.05, 4.69) is 31.9 Å². The Morgan fingerprint density at radius 3 is 2.38 bits per heavy atom. The fraction of sp³-hybridized carbons (Fsp3) is 0.333. The van der Waals surface area contributed by atoms with Gasteiger partial charge in [-0.05, 0) is 24.1 Å². The third-order valence-electron chi connectivity index (χ3n) is 2.16. The quantitative estimate of drug-likeness (QED) is 0.631. The Balaban J connectivity index is 2.33. The molecule has 1 aromatic carbocycles. The first-order valence-corrected chi connectivity index (χ1v) is 6.18. The van der Waals surface area contributed by atoms with Crippen LogP contribution in [0.4, 0.5) is 0 Å². The first kappa shape index (κ1) is 10.3. The predicted octanol–water partition coefficient (Wildman–Crippen LogP) is 4.97. The second kappa shape index (κ2) is 3.41. The van der Waals surface area contributed by atoms with Crippen LogP contribution < -0.4 is 0 Å². The third-order valence-corrected chi connectivity index (χ3v) is 4.48. The smallest absolute Gasteiger partial charge is 0.0843 e. The molecule has 0 nitrogen and oxygen atoms in total. The lowest BCUT2D eigenvalue weighted by atomic mass is 10.1. The van der Waals surface area contributed by atoms with E-state index in [1.54, 1.807) is 6.07 Å². The number of benzene rings is 1. The van der Waals surface area contributed by atoms with Crippen molar-refractivity contribution in [3.8, 4) is 0 Å². The fourth-order valence-corrected chi connectivity index (χ4v) is 3.02. The molecule has 1 aliphatic carbocycles. The van der Waals surface area contributed by atoms with Crippen molar-refractivity contribution in [2.24, 2.45) is 0 Å². The van der Waals surface area contributed by atoms with E-state index in [4.69, 9.17) is 23.2 Å². The molecule has 1 aromatic rings. The largest absolute Gasteiger partial charge is 0.0881 e. The molecule has 0 N–H and O–H groups in total. The summed E-state index contributed by atoms with van der Waals surface area (Å²) in [7, 11) is 0. The Morgan fingerprint density at radius 2 is 1.92 bits per heavy atom. The molecule has 1 atom stereocenters. The van der Waals surface area contributed by atoms with Gasteiger partial charge in [-0.3, -0.25) is 0 Å². The van der Waals surface area contributed by atoms with Crippen LogP contribution >= 0.6 is 55.1 Å². The summed E-state index contributed by atoms with van der Waals surface area (Å²) in [5.74, 6) is 0.456. The van der Waals surface area contributed by atoms with E-state index in [-0.39, 0.29) is 3.23 Å². The van der Waals surface area contributed by atoms with Crippen LogP contribution in [0.1, 0.15) is 17.9 Å². The average molecular weight is 345 g/mol. The van der Waals surface area contributed by atoms with E-state index >= 15 is 0 Å². The van der Waals surface area contributed by atoms with Gasteiger partial charge in [-0.1, -0.05) is 61.1 Å². The van der Waals surface area contributed by atoms with Gasteiger partial charge in [0.1, 0.15) is 0 Å². The average Bonchev–Trinajstić information content (AvgIpc) is 2.59. The fourth-order valence-electron chi connectivity index (χ4n) is 1.33. The molecular formula is C9H6Br2Cl2. The minimum Gasteiger partial charge on any atom is -0.0843 e. The Bertz CT molecular complexity index is 349. The van der Waals surface area contributed by atoms with Gasteiger partial charge >= 0.3 is 0 Å². The van der Waals surface area contributed by atoms with Gasteiger partial charge in [0.25, 0.3) is 0 Å². The summed E-state index contributed by atoms with van der Waals surface area (Å²) in [6, 6.07) is 5.64. The molecule has 4 heteroatoms. The summed E-state index contributed by atoms with van der Waals surface area (Å²) < 4.78 is 0.0530. The molecule has 0 heterocycles. The molecule has 2 rings (SSSR count). The van der Waals surface area contributed by atoms with Gasteiger partial charge in [-0.25, -0.2) is 0 Å². The van der Waals surface area contributed by atoms with Gasteiger partial charge in [0.2, 0.25) is 0 Å². The van der Waals surface area contributed by atoms with E-state index in [1.807, 2.05) is 12.1 Å². The highest BCUT2D eigenvalue weighted by atomic mass is 79.9. The number of hydrogen-bond donors (Lipinski definition) is 0. The molecule has 0 radical (unpaired) electrons. The molecule has 0 spiro atoms. The predicted molar refractivity (Wildman–Crippen MR) is 64.4 cm³/mol. The van der Waals surface area contributed by atoms with Crippen LogP contribution in [0.25, 0.3) is 0 Å². The molecule has 13 heavy (non-hydrogen) atoms. The van der Waals surface area contributed by atoms with Crippen molar-refractivity contribution < 1.29 is 0 Å². The summed E-state index contributed by atoms with van der Waals surface area (Å²) in [5, 5.41) is 1.43. The highest BCUT2D eigenvalue weighted by Crippen LogP contribution is 2.63. The zero-order valence-electron chi connectivity index (χ0n) is 6.53. The van der Waals surface area contributed by atoms with Crippen LogP contribution in [0.5, 0.6) is 0 Å². The lowest BCUT2D eigenvalue weighted by Gasteiger charge is -2.04. The van der Waals surface area contributed by atoms with E-state index in [0.29, 0.717) is 10.9 Å². The Kier molecular flexibility index (Phi) is 2.69. The Morgan fingerprint density at radius 1 is 1.31 bits per heavy atom. The highest BCUT2D eigenvalue weighted by molar-refractivity contribution is 9.25. The Hall–Kier alpha value is 0.760. The second-order valence-corrected chi connectivity index (χ2v) is 7.92. The van der Waals surface area contributed by atoms with Crippen LogP contribution in [0.2, 0.25) is 10.0 Å². The van der Waals surface area contributed by atoms with Crippen molar-refractivity contribution in [2.75, 3.05) is 0 Å². The lowest BCUT2D eigenvalue weighted by molar-refractivity contribution is 1.13. The van der Waals surface area contributed by atoms with Crippen LogP contribution in [0.3, 0.4) is 0 Å². The van der Waals surface area contributed by atoms with Gasteiger partial charge in [0, 0.05) is 16.0 Å². The van der Waals surface area contributed by atoms with Gasteiger partial charge in [0.05, 0.1) is 3.23 Å². The first-order valence-electron chi connectivity index (χ1n) is 3.83. The van der Waals surface area contributed by atoms with Crippen molar-refractivity contribution in [2.45, 2.75) is 15.6 Å². The molecule has 1 fully saturated rings. The zero-order chi connectivity index (χ0) is 9.64. The summed E-state index contributed by atoms with van der Waals surface area (Å²) in [5.41, 5.74) is 1.15. The molecule has 1 aliphatic rings. The van der Waals surface area contributed by atoms with Crippen molar-refractivity contribution in [1.82, 2.24) is 0 Å². The minimum atomic E-state index is 0.0530. The van der Waals surface area contributed by atoms with Crippen LogP contribution in [-0.2, 0) is 0 Å².